The number of benzene rings is 1. The fourth-order valence-corrected chi connectivity index (χ4v) is 4.11. The minimum absolute atomic E-state index is 0.347. The highest BCUT2D eigenvalue weighted by Gasteiger charge is 2.26. The van der Waals surface area contributed by atoms with Gasteiger partial charge in [-0.1, -0.05) is 0 Å². The lowest BCUT2D eigenvalue weighted by Gasteiger charge is -2.23. The van der Waals surface area contributed by atoms with Crippen molar-refractivity contribution in [3.05, 3.63) is 35.8 Å². The Bertz CT molecular complexity index is 765. The van der Waals surface area contributed by atoms with Crippen LogP contribution in [0.1, 0.15) is 6.42 Å². The molecule has 0 aliphatic carbocycles. The van der Waals surface area contributed by atoms with Crippen molar-refractivity contribution in [1.29, 1.82) is 0 Å². The topological polar surface area (TPSA) is 53.5 Å². The quantitative estimate of drug-likeness (QED) is 0.825. The van der Waals surface area contributed by atoms with E-state index in [0.29, 0.717) is 0 Å². The lowest BCUT2D eigenvalue weighted by Crippen LogP contribution is -2.30. The highest BCUT2D eigenvalue weighted by atomic mass is 32.2. The van der Waals surface area contributed by atoms with Gasteiger partial charge in [-0.15, -0.1) is 11.3 Å². The van der Waals surface area contributed by atoms with E-state index < -0.39 is 15.6 Å². The van der Waals surface area contributed by atoms with Crippen LogP contribution in [0.2, 0.25) is 0 Å². The molecule has 0 amide bonds. The van der Waals surface area contributed by atoms with Crippen LogP contribution in [0.5, 0.6) is 0 Å². The number of sulfone groups is 1. The second kappa shape index (κ2) is 7.02. The van der Waals surface area contributed by atoms with Crippen molar-refractivity contribution >= 4 is 32.0 Å². The van der Waals surface area contributed by atoms with Crippen LogP contribution >= 0.6 is 11.3 Å². The lowest BCUT2D eigenvalue weighted by molar-refractivity contribution is 0.234. The largest absolute Gasteiger partial charge is 0.370 e. The van der Waals surface area contributed by atoms with Crippen molar-refractivity contribution in [2.24, 2.45) is 0 Å². The second-order valence-corrected chi connectivity index (χ2v) is 8.23. The third kappa shape index (κ3) is 3.51. The first-order valence-electron chi connectivity index (χ1n) is 7.50. The number of hydrogen-bond acceptors (Lipinski definition) is 6. The molecule has 2 aromatic rings. The summed E-state index contributed by atoms with van der Waals surface area (Å²) in [6.07, 6.45) is 2.72. The van der Waals surface area contributed by atoms with Crippen molar-refractivity contribution in [2.45, 2.75) is 17.1 Å². The Hall–Kier alpha value is -1.74. The molecule has 0 saturated carbocycles. The van der Waals surface area contributed by atoms with Crippen molar-refractivity contribution in [3.63, 3.8) is 0 Å². The number of alkyl halides is 2. The first-order chi connectivity index (χ1) is 11.5. The first kappa shape index (κ1) is 17.1. The van der Waals surface area contributed by atoms with Crippen LogP contribution in [0.4, 0.5) is 19.6 Å². The number of hydrogen-bond donors (Lipinski definition) is 0. The summed E-state index contributed by atoms with van der Waals surface area (Å²) in [5, 5.41) is 2.94. The van der Waals surface area contributed by atoms with Crippen molar-refractivity contribution in [2.75, 3.05) is 36.0 Å². The molecule has 1 saturated heterocycles. The summed E-state index contributed by atoms with van der Waals surface area (Å²) in [6, 6.07) is 5.68. The zero-order valence-corrected chi connectivity index (χ0v) is 14.4. The SMILES string of the molecule is O=S(=O)(c1ccc(N2CCCN(c3nccs3)CC2)cc1)C(F)F. The number of aromatic nitrogens is 1. The minimum Gasteiger partial charge on any atom is -0.370 e. The molecule has 0 bridgehead atoms. The Kier molecular flexibility index (Phi) is 5.00. The van der Waals surface area contributed by atoms with Crippen LogP contribution in [0, 0.1) is 0 Å². The number of anilines is 2. The molecule has 2 heterocycles. The van der Waals surface area contributed by atoms with E-state index in [2.05, 4.69) is 14.8 Å². The maximum absolute atomic E-state index is 12.6. The Morgan fingerprint density at radius 2 is 1.71 bits per heavy atom. The molecule has 0 spiro atoms. The van der Waals surface area contributed by atoms with Gasteiger partial charge in [-0.3, -0.25) is 0 Å². The molecular formula is C15H17F2N3O2S2. The minimum atomic E-state index is -4.54. The van der Waals surface area contributed by atoms with E-state index in [1.165, 1.54) is 12.1 Å². The fourth-order valence-electron chi connectivity index (χ4n) is 2.69. The molecule has 5 nitrogen and oxygen atoms in total. The molecule has 0 atom stereocenters. The Balaban J connectivity index is 1.71. The molecule has 130 valence electrons. The average Bonchev–Trinajstić information content (AvgIpc) is 2.99. The lowest BCUT2D eigenvalue weighted by atomic mass is 10.2. The van der Waals surface area contributed by atoms with Gasteiger partial charge < -0.3 is 9.80 Å². The van der Waals surface area contributed by atoms with Gasteiger partial charge in [0.2, 0.25) is 9.84 Å². The summed E-state index contributed by atoms with van der Waals surface area (Å²) in [5.74, 6) is -3.40. The Morgan fingerprint density at radius 1 is 1.04 bits per heavy atom. The summed E-state index contributed by atoms with van der Waals surface area (Å²) in [6.45, 7) is 3.30. The zero-order chi connectivity index (χ0) is 17.2. The van der Waals surface area contributed by atoms with Crippen molar-refractivity contribution < 1.29 is 17.2 Å². The van der Waals surface area contributed by atoms with Gasteiger partial charge in [0.05, 0.1) is 4.90 Å². The van der Waals surface area contributed by atoms with Gasteiger partial charge in [-0.2, -0.15) is 8.78 Å². The summed E-state index contributed by atoms with van der Waals surface area (Å²) in [7, 11) is -4.54. The van der Waals surface area contributed by atoms with Crippen LogP contribution in [0.25, 0.3) is 0 Å². The third-order valence-corrected chi connectivity index (χ3v) is 6.18. The molecule has 0 radical (unpaired) electrons. The smallest absolute Gasteiger partial charge is 0.341 e. The van der Waals surface area contributed by atoms with E-state index >= 15 is 0 Å². The molecule has 0 unspecified atom stereocenters. The number of thiazole rings is 1. The number of nitrogens with zero attached hydrogens (tertiary/aromatic N) is 3. The summed E-state index contributed by atoms with van der Waals surface area (Å²) in [5.41, 5.74) is 0.837. The van der Waals surface area contributed by atoms with E-state index in [9.17, 15) is 17.2 Å². The molecule has 9 heteroatoms. The molecule has 1 aromatic heterocycles. The van der Waals surface area contributed by atoms with Gasteiger partial charge >= 0.3 is 5.76 Å². The molecular weight excluding hydrogens is 356 g/mol. The molecule has 3 rings (SSSR count). The molecule has 1 aliphatic rings. The third-order valence-electron chi connectivity index (χ3n) is 3.95. The van der Waals surface area contributed by atoms with Gasteiger partial charge in [-0.25, -0.2) is 13.4 Å². The molecule has 0 N–H and O–H groups in total. The average molecular weight is 373 g/mol. The van der Waals surface area contributed by atoms with Crippen LogP contribution in [0.15, 0.2) is 40.7 Å². The monoisotopic (exact) mass is 373 g/mol. The van der Waals surface area contributed by atoms with Gasteiger partial charge in [0.1, 0.15) is 0 Å². The van der Waals surface area contributed by atoms with Crippen LogP contribution in [0.3, 0.4) is 0 Å². The van der Waals surface area contributed by atoms with E-state index in [0.717, 1.165) is 43.4 Å². The van der Waals surface area contributed by atoms with Crippen LogP contribution < -0.4 is 9.80 Å². The van der Waals surface area contributed by atoms with E-state index in [1.54, 1.807) is 29.7 Å². The summed E-state index contributed by atoms with van der Waals surface area (Å²) < 4.78 is 48.1. The summed E-state index contributed by atoms with van der Waals surface area (Å²) in [4.78, 5) is 8.33. The molecule has 1 aromatic carbocycles. The van der Waals surface area contributed by atoms with E-state index in [1.807, 2.05) is 5.38 Å². The Labute approximate surface area is 143 Å². The van der Waals surface area contributed by atoms with Gasteiger partial charge in [0.25, 0.3) is 0 Å². The number of halogens is 2. The van der Waals surface area contributed by atoms with Crippen LogP contribution in [-0.4, -0.2) is 45.3 Å². The predicted molar refractivity (Wildman–Crippen MR) is 90.8 cm³/mol. The second-order valence-electron chi connectivity index (χ2n) is 5.44. The summed E-state index contributed by atoms with van der Waals surface area (Å²) >= 11 is 1.60. The van der Waals surface area contributed by atoms with Crippen LogP contribution in [-0.2, 0) is 9.84 Å². The fraction of sp³-hybridized carbons (Fsp3) is 0.400. The van der Waals surface area contributed by atoms with Gasteiger partial charge in [0, 0.05) is 43.4 Å². The first-order valence-corrected chi connectivity index (χ1v) is 9.92. The van der Waals surface area contributed by atoms with E-state index in [4.69, 9.17) is 0 Å². The standard InChI is InChI=1S/C15H17F2N3O2S2/c16-14(17)24(21,22)13-4-2-12(3-5-13)19-7-1-8-20(10-9-19)15-18-6-11-23-15/h2-6,11,14H,1,7-10H2. The van der Waals surface area contributed by atoms with Gasteiger partial charge in [0.15, 0.2) is 5.13 Å². The highest BCUT2D eigenvalue weighted by molar-refractivity contribution is 7.91. The number of rotatable bonds is 4. The zero-order valence-electron chi connectivity index (χ0n) is 12.8. The molecule has 1 fully saturated rings. The highest BCUT2D eigenvalue weighted by Crippen LogP contribution is 2.24. The van der Waals surface area contributed by atoms with Crippen molar-refractivity contribution in [1.82, 2.24) is 4.98 Å². The Morgan fingerprint density at radius 3 is 2.33 bits per heavy atom. The van der Waals surface area contributed by atoms with Crippen molar-refractivity contribution in [3.8, 4) is 0 Å². The molecule has 1 aliphatic heterocycles. The molecule has 24 heavy (non-hydrogen) atoms. The predicted octanol–water partition coefficient (Wildman–Crippen LogP) is 2.86. The normalized spacial score (nSPS) is 16.5. The maximum Gasteiger partial charge on any atom is 0.341 e. The van der Waals surface area contributed by atoms with Gasteiger partial charge in [-0.05, 0) is 30.7 Å². The van der Waals surface area contributed by atoms with E-state index in [-0.39, 0.29) is 4.90 Å². The maximum atomic E-state index is 12.6.